The van der Waals surface area contributed by atoms with Crippen molar-refractivity contribution in [3.05, 3.63) is 16.8 Å². The van der Waals surface area contributed by atoms with Crippen molar-refractivity contribution in [3.8, 4) is 11.8 Å². The summed E-state index contributed by atoms with van der Waals surface area (Å²) in [5.74, 6) is -0.990. The van der Waals surface area contributed by atoms with Crippen molar-refractivity contribution in [1.82, 2.24) is 24.5 Å². The fourth-order valence-corrected chi connectivity index (χ4v) is 3.73. The third-order valence-corrected chi connectivity index (χ3v) is 5.00. The summed E-state index contributed by atoms with van der Waals surface area (Å²) in [6, 6.07) is 1.38. The zero-order valence-electron chi connectivity index (χ0n) is 15.1. The predicted molar refractivity (Wildman–Crippen MR) is 94.6 cm³/mol. The topological polar surface area (TPSA) is 167 Å². The van der Waals surface area contributed by atoms with Crippen LogP contribution in [-0.4, -0.2) is 66.9 Å². The number of halogens is 1. The number of hydrogen-bond acceptors (Lipinski definition) is 11. The Kier molecular flexibility index (Phi) is 6.60. The number of nitrogens with zero attached hydrogens (tertiary/aromatic N) is 4. The number of sulfonamides is 1. The largest absolute Gasteiger partial charge is 0.481 e. The zero-order valence-corrected chi connectivity index (χ0v) is 16.7. The summed E-state index contributed by atoms with van der Waals surface area (Å²) in [4.78, 5) is 19.6. The van der Waals surface area contributed by atoms with Crippen molar-refractivity contribution in [3.63, 3.8) is 0 Å². The van der Waals surface area contributed by atoms with Gasteiger partial charge in [-0.2, -0.15) is 19.8 Å². The van der Waals surface area contributed by atoms with Crippen molar-refractivity contribution in [2.24, 2.45) is 7.05 Å². The summed E-state index contributed by atoms with van der Waals surface area (Å²) < 4.78 is 42.4. The minimum Gasteiger partial charge on any atom is -0.481 e. The molecule has 1 unspecified atom stereocenters. The lowest BCUT2D eigenvalue weighted by atomic mass is 10.4. The Labute approximate surface area is 164 Å². The Morgan fingerprint density at radius 3 is 2.32 bits per heavy atom. The minimum absolute atomic E-state index is 0.107. The molecule has 0 saturated heterocycles. The van der Waals surface area contributed by atoms with E-state index >= 15 is 0 Å². The van der Waals surface area contributed by atoms with Gasteiger partial charge in [0.15, 0.2) is 16.5 Å². The van der Waals surface area contributed by atoms with E-state index in [-0.39, 0.29) is 22.9 Å². The molecule has 0 aliphatic heterocycles. The highest BCUT2D eigenvalue weighted by atomic mass is 35.5. The number of hydrogen-bond donors (Lipinski definition) is 3. The maximum atomic E-state index is 12.6. The van der Waals surface area contributed by atoms with E-state index in [0.717, 1.165) is 11.8 Å². The van der Waals surface area contributed by atoms with Crippen LogP contribution in [-0.2, 0) is 21.8 Å². The van der Waals surface area contributed by atoms with Gasteiger partial charge in [0.1, 0.15) is 5.56 Å². The van der Waals surface area contributed by atoms with E-state index in [0.29, 0.717) is 0 Å². The maximum absolute atomic E-state index is 12.6. The van der Waals surface area contributed by atoms with Crippen LogP contribution in [0.2, 0.25) is 5.15 Å². The van der Waals surface area contributed by atoms with E-state index in [9.17, 15) is 18.3 Å². The summed E-state index contributed by atoms with van der Waals surface area (Å²) in [5.41, 5.74) is -0.481. The van der Waals surface area contributed by atoms with E-state index in [1.807, 2.05) is 4.72 Å². The summed E-state index contributed by atoms with van der Waals surface area (Å²) >= 11 is 5.81. The number of anilines is 1. The van der Waals surface area contributed by atoms with Crippen LogP contribution in [0.5, 0.6) is 11.8 Å². The molecule has 15 heteroatoms. The van der Waals surface area contributed by atoms with Crippen LogP contribution in [0.15, 0.2) is 11.1 Å². The quantitative estimate of drug-likeness (QED) is 0.354. The normalized spacial score (nSPS) is 12.4. The fourth-order valence-electron chi connectivity index (χ4n) is 2.09. The van der Waals surface area contributed by atoms with Gasteiger partial charge in [-0.05, 0) is 0 Å². The second-order valence-electron chi connectivity index (χ2n) is 5.03. The molecule has 0 amide bonds. The molecule has 0 aliphatic carbocycles. The molecule has 2 aromatic heterocycles. The van der Waals surface area contributed by atoms with Crippen LogP contribution in [0.25, 0.3) is 0 Å². The Morgan fingerprint density at radius 1 is 1.25 bits per heavy atom. The van der Waals surface area contributed by atoms with Crippen molar-refractivity contribution in [1.29, 1.82) is 0 Å². The number of rotatable bonds is 8. The molecule has 2 rings (SSSR count). The van der Waals surface area contributed by atoms with E-state index in [1.165, 1.54) is 27.3 Å². The van der Waals surface area contributed by atoms with Crippen LogP contribution < -0.4 is 19.5 Å². The van der Waals surface area contributed by atoms with E-state index in [1.54, 1.807) is 0 Å². The van der Waals surface area contributed by atoms with Crippen molar-refractivity contribution < 1.29 is 32.5 Å². The number of aliphatic hydroxyl groups is 1. The molecular weight excluding hydrogens is 420 g/mol. The van der Waals surface area contributed by atoms with Gasteiger partial charge in [0, 0.05) is 7.05 Å². The highest BCUT2D eigenvalue weighted by molar-refractivity contribution is 7.89. The number of carbonyl (C=O) groups is 1. The lowest BCUT2D eigenvalue weighted by molar-refractivity contribution is 0.0595. The lowest BCUT2D eigenvalue weighted by Gasteiger charge is -2.16. The zero-order chi connectivity index (χ0) is 21.1. The van der Waals surface area contributed by atoms with Crippen LogP contribution in [0.1, 0.15) is 10.4 Å². The molecule has 0 bridgehead atoms. The molecule has 0 fully saturated rings. The summed E-state index contributed by atoms with van der Waals surface area (Å²) in [6.07, 6.45) is -1.89. The van der Waals surface area contributed by atoms with Gasteiger partial charge in [0.25, 0.3) is 10.0 Å². The number of aliphatic hydroxyl groups excluding tert-OH is 1. The molecular formula is C13H17ClN6O7S. The molecule has 28 heavy (non-hydrogen) atoms. The Morgan fingerprint density at radius 2 is 1.82 bits per heavy atom. The van der Waals surface area contributed by atoms with Gasteiger partial charge < -0.3 is 24.6 Å². The number of aryl methyl sites for hydroxylation is 1. The van der Waals surface area contributed by atoms with E-state index in [2.05, 4.69) is 25.1 Å². The van der Waals surface area contributed by atoms with Crippen LogP contribution in [0, 0.1) is 0 Å². The number of aromatic nitrogens is 4. The van der Waals surface area contributed by atoms with Gasteiger partial charge in [0.05, 0.1) is 27.4 Å². The Balaban J connectivity index is 2.29. The number of esters is 1. The molecule has 13 nitrogen and oxygen atoms in total. The molecule has 2 aromatic rings. The van der Waals surface area contributed by atoms with Crippen LogP contribution >= 0.6 is 11.6 Å². The summed E-state index contributed by atoms with van der Waals surface area (Å²) in [6.45, 7) is 0. The first kappa shape index (κ1) is 21.6. The third kappa shape index (κ3) is 4.59. The van der Waals surface area contributed by atoms with Crippen molar-refractivity contribution in [2.75, 3.05) is 26.6 Å². The highest BCUT2D eigenvalue weighted by Gasteiger charge is 2.33. The second kappa shape index (κ2) is 8.55. The number of nitrogens with one attached hydrogen (secondary N) is 2. The van der Waals surface area contributed by atoms with Gasteiger partial charge in [-0.1, -0.05) is 11.6 Å². The molecule has 0 aliphatic rings. The first-order valence-corrected chi connectivity index (χ1v) is 9.23. The maximum Gasteiger partial charge on any atom is 0.344 e. The first-order valence-electron chi connectivity index (χ1n) is 7.37. The molecule has 1 atom stereocenters. The molecule has 3 N–H and O–H groups in total. The monoisotopic (exact) mass is 436 g/mol. The fraction of sp³-hybridized carbons (Fsp3) is 0.385. The summed E-state index contributed by atoms with van der Waals surface area (Å²) in [5, 5.41) is 15.1. The first-order chi connectivity index (χ1) is 13.1. The number of methoxy groups -OCH3 is 3. The minimum atomic E-state index is -4.47. The van der Waals surface area contributed by atoms with Gasteiger partial charge in [-0.25, -0.2) is 13.2 Å². The number of ether oxygens (including phenoxy) is 3. The average Bonchev–Trinajstić information content (AvgIpc) is 2.94. The van der Waals surface area contributed by atoms with E-state index in [4.69, 9.17) is 21.1 Å². The van der Waals surface area contributed by atoms with Gasteiger partial charge in [-0.3, -0.25) is 4.68 Å². The summed E-state index contributed by atoms with van der Waals surface area (Å²) in [7, 11) is 0.540. The van der Waals surface area contributed by atoms with Crippen molar-refractivity contribution >= 4 is 33.5 Å². The Bertz CT molecular complexity index is 958. The SMILES string of the molecule is COC(=O)c1c(Cl)nn(C)c1S(=O)(=O)NC(O)Nc1nc(OC)cc(OC)n1. The lowest BCUT2D eigenvalue weighted by Crippen LogP contribution is -2.41. The predicted octanol–water partition coefficient (Wildman–Crippen LogP) is -0.666. The van der Waals surface area contributed by atoms with Crippen LogP contribution in [0.3, 0.4) is 0 Å². The molecule has 0 aromatic carbocycles. The highest BCUT2D eigenvalue weighted by Crippen LogP contribution is 2.24. The number of carbonyl (C=O) groups excluding carboxylic acids is 1. The third-order valence-electron chi connectivity index (χ3n) is 3.23. The van der Waals surface area contributed by atoms with E-state index < -0.39 is 32.9 Å². The smallest absolute Gasteiger partial charge is 0.344 e. The van der Waals surface area contributed by atoms with Gasteiger partial charge in [-0.15, -0.1) is 0 Å². The molecule has 2 heterocycles. The standard InChI is InChI=1S/C13H17ClN6O7S/c1-20-10(8(9(14)18-20)11(21)27-4)28(23,24)19-13(22)17-12-15-6(25-2)5-7(16-12)26-3/h5,13,19,22H,1-4H3,(H,15,16,17). The molecule has 154 valence electrons. The second-order valence-corrected chi connectivity index (χ2v) is 7.02. The molecule has 0 radical (unpaired) electrons. The van der Waals surface area contributed by atoms with Crippen molar-refractivity contribution in [2.45, 2.75) is 11.4 Å². The average molecular weight is 437 g/mol. The van der Waals surface area contributed by atoms with Crippen LogP contribution in [0.4, 0.5) is 5.95 Å². The Hall–Kier alpha value is -2.68. The molecule has 0 spiro atoms. The molecule has 0 saturated carbocycles. The van der Waals surface area contributed by atoms with Gasteiger partial charge in [0.2, 0.25) is 17.7 Å². The van der Waals surface area contributed by atoms with Gasteiger partial charge >= 0.3 is 5.97 Å².